The molecule has 4 atom stereocenters. The summed E-state index contributed by atoms with van der Waals surface area (Å²) in [7, 11) is 0. The van der Waals surface area contributed by atoms with E-state index in [1.807, 2.05) is 5.32 Å². The minimum atomic E-state index is -1.62. The normalized spacial score (nSPS) is 14.4. The summed E-state index contributed by atoms with van der Waals surface area (Å²) >= 11 is 3.89. The van der Waals surface area contributed by atoms with Gasteiger partial charge in [0.2, 0.25) is 17.7 Å². The first-order valence-electron chi connectivity index (χ1n) is 8.97. The van der Waals surface area contributed by atoms with Crippen LogP contribution in [0.5, 0.6) is 0 Å². The molecule has 0 aliphatic rings. The first-order chi connectivity index (χ1) is 14.4. The maximum atomic E-state index is 12.5. The molecule has 3 amide bonds. The van der Waals surface area contributed by atoms with Gasteiger partial charge in [0.25, 0.3) is 0 Å². The third-order valence-electron chi connectivity index (χ3n) is 3.90. The van der Waals surface area contributed by atoms with E-state index in [-0.39, 0.29) is 18.6 Å². The molecule has 0 aromatic carbocycles. The van der Waals surface area contributed by atoms with E-state index in [9.17, 15) is 28.8 Å². The van der Waals surface area contributed by atoms with Crippen molar-refractivity contribution in [2.24, 2.45) is 5.73 Å². The van der Waals surface area contributed by atoms with Crippen LogP contribution < -0.4 is 21.7 Å². The number of nitrogens with two attached hydrogens (primary N) is 1. The summed E-state index contributed by atoms with van der Waals surface area (Å²) in [6.07, 6.45) is -1.52. The molecule has 0 saturated carbocycles. The molecule has 0 aromatic heterocycles. The smallest absolute Gasteiger partial charge is 0.328 e. The van der Waals surface area contributed by atoms with Gasteiger partial charge < -0.3 is 42.1 Å². The Morgan fingerprint density at radius 1 is 0.742 bits per heavy atom. The van der Waals surface area contributed by atoms with Gasteiger partial charge in [-0.1, -0.05) is 0 Å². The molecule has 31 heavy (non-hydrogen) atoms. The Morgan fingerprint density at radius 2 is 1.19 bits per heavy atom. The number of aliphatic hydroxyl groups is 1. The minimum Gasteiger partial charge on any atom is -0.481 e. The van der Waals surface area contributed by atoms with Gasteiger partial charge in [-0.2, -0.15) is 12.6 Å². The number of carboxylic acid groups (broad SMARTS) is 3. The molecule has 14 nitrogen and oxygen atoms in total. The van der Waals surface area contributed by atoms with E-state index in [0.29, 0.717) is 0 Å². The standard InChI is InChI=1S/C16H26N4O10S/c17-7(1-3-11(22)23)13(26)18-8(2-4-12(24)25)14(27)20-10(6-31)15(28)19-9(5-21)16(29)30/h7-10,21,31H,1-6,17H2,(H,18,26)(H,19,28)(H,20,27)(H,22,23)(H,24,25)(H,29,30). The van der Waals surface area contributed by atoms with Crippen molar-refractivity contribution in [2.45, 2.75) is 49.9 Å². The van der Waals surface area contributed by atoms with Crippen LogP contribution in [0.3, 0.4) is 0 Å². The van der Waals surface area contributed by atoms with Crippen LogP contribution in [0.2, 0.25) is 0 Å². The fourth-order valence-corrected chi connectivity index (χ4v) is 2.41. The topological polar surface area (TPSA) is 245 Å². The number of carbonyl (C=O) groups excluding carboxylic acids is 3. The SMILES string of the molecule is NC(CCC(=O)O)C(=O)NC(CCC(=O)O)C(=O)NC(CS)C(=O)NC(CO)C(=O)O. The lowest BCUT2D eigenvalue weighted by Gasteiger charge is -2.24. The Bertz CT molecular complexity index is 689. The first kappa shape index (κ1) is 28.1. The summed E-state index contributed by atoms with van der Waals surface area (Å²) in [6.45, 7) is -0.903. The summed E-state index contributed by atoms with van der Waals surface area (Å²) in [4.78, 5) is 69.1. The van der Waals surface area contributed by atoms with Crippen LogP contribution in [-0.4, -0.2) is 92.6 Å². The van der Waals surface area contributed by atoms with E-state index in [0.717, 1.165) is 0 Å². The second-order valence-electron chi connectivity index (χ2n) is 6.36. The highest BCUT2D eigenvalue weighted by atomic mass is 32.1. The Labute approximate surface area is 182 Å². The molecule has 0 radical (unpaired) electrons. The Balaban J connectivity index is 5.21. The number of amides is 3. The number of thiol groups is 1. The van der Waals surface area contributed by atoms with Gasteiger partial charge in [-0.05, 0) is 12.8 Å². The van der Waals surface area contributed by atoms with E-state index in [1.54, 1.807) is 0 Å². The molecule has 0 fully saturated rings. The number of rotatable bonds is 15. The number of carboxylic acids is 3. The summed E-state index contributed by atoms with van der Waals surface area (Å²) in [5, 5.41) is 41.7. The minimum absolute atomic E-state index is 0.228. The molecule has 0 aliphatic carbocycles. The van der Waals surface area contributed by atoms with Gasteiger partial charge >= 0.3 is 17.9 Å². The largest absolute Gasteiger partial charge is 0.481 e. The molecular formula is C16H26N4O10S. The second-order valence-corrected chi connectivity index (χ2v) is 6.72. The predicted molar refractivity (Wildman–Crippen MR) is 106 cm³/mol. The summed E-state index contributed by atoms with van der Waals surface area (Å²) < 4.78 is 0. The Kier molecular flexibility index (Phi) is 12.8. The lowest BCUT2D eigenvalue weighted by atomic mass is 10.1. The van der Waals surface area contributed by atoms with Gasteiger partial charge in [-0.15, -0.1) is 0 Å². The summed E-state index contributed by atoms with van der Waals surface area (Å²) in [5.74, 6) is -7.09. The molecule has 0 saturated heterocycles. The van der Waals surface area contributed by atoms with E-state index in [4.69, 9.17) is 26.2 Å². The number of aliphatic carboxylic acids is 3. The van der Waals surface area contributed by atoms with Crippen molar-refractivity contribution in [3.63, 3.8) is 0 Å². The van der Waals surface area contributed by atoms with Crippen LogP contribution in [0.25, 0.3) is 0 Å². The van der Waals surface area contributed by atoms with E-state index < -0.39 is 79.2 Å². The predicted octanol–water partition coefficient (Wildman–Crippen LogP) is -3.50. The highest BCUT2D eigenvalue weighted by Gasteiger charge is 2.30. The van der Waals surface area contributed by atoms with Crippen LogP contribution in [0, 0.1) is 0 Å². The first-order valence-corrected chi connectivity index (χ1v) is 9.60. The van der Waals surface area contributed by atoms with Crippen LogP contribution >= 0.6 is 12.6 Å². The van der Waals surface area contributed by atoms with Crippen molar-refractivity contribution in [3.8, 4) is 0 Å². The molecule has 0 rings (SSSR count). The maximum Gasteiger partial charge on any atom is 0.328 e. The molecule has 0 heterocycles. The number of nitrogens with one attached hydrogen (secondary N) is 3. The van der Waals surface area contributed by atoms with Crippen molar-refractivity contribution in [3.05, 3.63) is 0 Å². The second kappa shape index (κ2) is 14.2. The van der Waals surface area contributed by atoms with E-state index in [2.05, 4.69) is 23.3 Å². The van der Waals surface area contributed by atoms with Crippen molar-refractivity contribution in [1.29, 1.82) is 0 Å². The van der Waals surface area contributed by atoms with Gasteiger partial charge in [0.15, 0.2) is 0 Å². The van der Waals surface area contributed by atoms with Gasteiger partial charge in [0.1, 0.15) is 18.1 Å². The van der Waals surface area contributed by atoms with Gasteiger partial charge in [0, 0.05) is 18.6 Å². The Morgan fingerprint density at radius 3 is 1.65 bits per heavy atom. The third kappa shape index (κ3) is 11.2. The zero-order valence-electron chi connectivity index (χ0n) is 16.3. The van der Waals surface area contributed by atoms with Crippen LogP contribution in [-0.2, 0) is 28.8 Å². The average molecular weight is 466 g/mol. The maximum absolute atomic E-state index is 12.5. The molecule has 0 aromatic rings. The fourth-order valence-electron chi connectivity index (χ4n) is 2.15. The monoisotopic (exact) mass is 466 g/mol. The van der Waals surface area contributed by atoms with Crippen molar-refractivity contribution in [1.82, 2.24) is 16.0 Å². The lowest BCUT2D eigenvalue weighted by molar-refractivity contribution is -0.143. The number of hydrogen-bond donors (Lipinski definition) is 9. The van der Waals surface area contributed by atoms with Crippen LogP contribution in [0.4, 0.5) is 0 Å². The lowest BCUT2D eigenvalue weighted by Crippen LogP contribution is -2.58. The quantitative estimate of drug-likeness (QED) is 0.107. The van der Waals surface area contributed by atoms with Crippen LogP contribution in [0.1, 0.15) is 25.7 Å². The molecule has 4 unspecified atom stereocenters. The van der Waals surface area contributed by atoms with Crippen LogP contribution in [0.15, 0.2) is 0 Å². The molecule has 0 aliphatic heterocycles. The molecular weight excluding hydrogens is 440 g/mol. The number of carbonyl (C=O) groups is 6. The van der Waals surface area contributed by atoms with Crippen molar-refractivity contribution in [2.75, 3.05) is 12.4 Å². The zero-order valence-corrected chi connectivity index (χ0v) is 17.2. The zero-order chi connectivity index (χ0) is 24.1. The summed E-state index contributed by atoms with van der Waals surface area (Å²) in [5.41, 5.74) is 5.57. The van der Waals surface area contributed by atoms with Crippen molar-refractivity contribution >= 4 is 48.3 Å². The summed E-state index contributed by atoms with van der Waals surface area (Å²) in [6, 6.07) is -5.69. The third-order valence-corrected chi connectivity index (χ3v) is 4.26. The molecule has 15 heteroatoms. The van der Waals surface area contributed by atoms with E-state index in [1.165, 1.54) is 0 Å². The highest BCUT2D eigenvalue weighted by molar-refractivity contribution is 7.80. The van der Waals surface area contributed by atoms with Gasteiger partial charge in [-0.3, -0.25) is 24.0 Å². The van der Waals surface area contributed by atoms with Gasteiger partial charge in [0.05, 0.1) is 12.6 Å². The molecule has 0 spiro atoms. The molecule has 176 valence electrons. The Hall–Kier alpha value is -2.91. The van der Waals surface area contributed by atoms with Gasteiger partial charge in [-0.25, -0.2) is 4.79 Å². The van der Waals surface area contributed by atoms with Crippen molar-refractivity contribution < 1.29 is 49.2 Å². The fraction of sp³-hybridized carbons (Fsp3) is 0.625. The number of aliphatic hydroxyl groups excluding tert-OH is 1. The highest BCUT2D eigenvalue weighted by Crippen LogP contribution is 2.03. The molecule has 0 bridgehead atoms. The van der Waals surface area contributed by atoms with E-state index >= 15 is 0 Å². The molecule has 9 N–H and O–H groups in total. The number of hydrogen-bond acceptors (Lipinski definition) is 9. The average Bonchev–Trinajstić information content (AvgIpc) is 2.70.